The highest BCUT2D eigenvalue weighted by Crippen LogP contribution is 2.40. The number of nitro benzene ring substituents is 1. The van der Waals surface area contributed by atoms with Gasteiger partial charge < -0.3 is 10.2 Å². The molecule has 0 aromatic heterocycles. The van der Waals surface area contributed by atoms with E-state index in [0.717, 1.165) is 25.3 Å². The summed E-state index contributed by atoms with van der Waals surface area (Å²) in [5.41, 5.74) is -2.01. The third-order valence-electron chi connectivity index (χ3n) is 4.18. The average Bonchev–Trinajstić information content (AvgIpc) is 2.74. The van der Waals surface area contributed by atoms with Crippen LogP contribution in [0.5, 0.6) is 0 Å². The fraction of sp³-hybridized carbons (Fsp3) is 0.562. The SMILES string of the molecule is O=C1CCCCCN1CCCNc1cc(Cl)c(C(F)(F)F)cc1[N+](=O)[O-]. The Hall–Kier alpha value is -2.03. The molecule has 1 aliphatic heterocycles. The molecule has 0 unspecified atom stereocenters. The largest absolute Gasteiger partial charge is 0.418 e. The van der Waals surface area contributed by atoms with Crippen molar-refractivity contribution in [2.45, 2.75) is 38.3 Å². The molecule has 0 aliphatic carbocycles. The molecule has 0 spiro atoms. The number of benzene rings is 1. The third kappa shape index (κ3) is 5.23. The van der Waals surface area contributed by atoms with Crippen molar-refractivity contribution >= 4 is 28.9 Å². The van der Waals surface area contributed by atoms with Crippen LogP contribution in [0.1, 0.15) is 37.7 Å². The molecular formula is C16H19ClF3N3O3. The molecule has 1 aromatic rings. The first-order chi connectivity index (χ1) is 12.2. The maximum absolute atomic E-state index is 12.8. The van der Waals surface area contributed by atoms with Crippen LogP contribution in [-0.2, 0) is 11.0 Å². The molecule has 1 N–H and O–H groups in total. The molecule has 1 saturated heterocycles. The maximum Gasteiger partial charge on any atom is 0.418 e. The summed E-state index contributed by atoms with van der Waals surface area (Å²) in [4.78, 5) is 23.8. The van der Waals surface area contributed by atoms with Gasteiger partial charge in [-0.25, -0.2) is 0 Å². The van der Waals surface area contributed by atoms with Gasteiger partial charge in [-0.15, -0.1) is 0 Å². The monoisotopic (exact) mass is 393 g/mol. The summed E-state index contributed by atoms with van der Waals surface area (Å²) >= 11 is 5.63. The quantitative estimate of drug-likeness (QED) is 0.439. The van der Waals surface area contributed by atoms with Crippen molar-refractivity contribution in [1.29, 1.82) is 0 Å². The number of nitro groups is 1. The van der Waals surface area contributed by atoms with Crippen LogP contribution in [-0.4, -0.2) is 35.4 Å². The predicted octanol–water partition coefficient (Wildman–Crippen LogP) is 4.47. The van der Waals surface area contributed by atoms with Gasteiger partial charge >= 0.3 is 6.18 Å². The summed E-state index contributed by atoms with van der Waals surface area (Å²) in [7, 11) is 0. The van der Waals surface area contributed by atoms with Crippen molar-refractivity contribution in [3.8, 4) is 0 Å². The van der Waals surface area contributed by atoms with Crippen LogP contribution in [0, 0.1) is 10.1 Å². The second kappa shape index (κ2) is 8.57. The van der Waals surface area contributed by atoms with Crippen LogP contribution in [0.4, 0.5) is 24.5 Å². The van der Waals surface area contributed by atoms with E-state index < -0.39 is 27.4 Å². The molecule has 26 heavy (non-hydrogen) atoms. The number of likely N-dealkylation sites (tertiary alicyclic amines) is 1. The average molecular weight is 394 g/mol. The highest BCUT2D eigenvalue weighted by Gasteiger charge is 2.36. The summed E-state index contributed by atoms with van der Waals surface area (Å²) in [6, 6.07) is 1.35. The van der Waals surface area contributed by atoms with Crippen LogP contribution in [0.15, 0.2) is 12.1 Å². The van der Waals surface area contributed by atoms with Gasteiger partial charge in [-0.3, -0.25) is 14.9 Å². The Morgan fingerprint density at radius 2 is 2.00 bits per heavy atom. The van der Waals surface area contributed by atoms with Crippen molar-refractivity contribution in [3.63, 3.8) is 0 Å². The van der Waals surface area contributed by atoms with E-state index in [-0.39, 0.29) is 18.1 Å². The number of amides is 1. The molecular weight excluding hydrogens is 375 g/mol. The van der Waals surface area contributed by atoms with Gasteiger partial charge in [0, 0.05) is 32.1 Å². The van der Waals surface area contributed by atoms with Crippen LogP contribution in [0.3, 0.4) is 0 Å². The van der Waals surface area contributed by atoms with E-state index in [0.29, 0.717) is 32.0 Å². The van der Waals surface area contributed by atoms with Gasteiger partial charge in [0.1, 0.15) is 5.69 Å². The maximum atomic E-state index is 12.8. The smallest absolute Gasteiger partial charge is 0.379 e. The molecule has 2 rings (SSSR count). The molecule has 10 heteroatoms. The lowest BCUT2D eigenvalue weighted by atomic mass is 10.1. The van der Waals surface area contributed by atoms with Gasteiger partial charge in [0.15, 0.2) is 0 Å². The number of hydrogen-bond acceptors (Lipinski definition) is 4. The molecule has 1 aliphatic rings. The minimum Gasteiger partial charge on any atom is -0.379 e. The lowest BCUT2D eigenvalue weighted by molar-refractivity contribution is -0.384. The van der Waals surface area contributed by atoms with Crippen LogP contribution < -0.4 is 5.32 Å². The summed E-state index contributed by atoms with van der Waals surface area (Å²) in [6.45, 7) is 1.45. The molecule has 144 valence electrons. The number of alkyl halides is 3. The number of carbonyl (C=O) groups is 1. The van der Waals surface area contributed by atoms with Crippen molar-refractivity contribution < 1.29 is 22.9 Å². The van der Waals surface area contributed by atoms with E-state index in [9.17, 15) is 28.1 Å². The lowest BCUT2D eigenvalue weighted by Gasteiger charge is -2.20. The van der Waals surface area contributed by atoms with Crippen molar-refractivity contribution in [3.05, 3.63) is 32.8 Å². The van der Waals surface area contributed by atoms with E-state index in [1.165, 1.54) is 0 Å². The van der Waals surface area contributed by atoms with Gasteiger partial charge in [-0.2, -0.15) is 13.2 Å². The van der Waals surface area contributed by atoms with E-state index in [4.69, 9.17) is 11.6 Å². The normalized spacial score (nSPS) is 15.7. The number of carbonyl (C=O) groups excluding carboxylic acids is 1. The van der Waals surface area contributed by atoms with Crippen molar-refractivity contribution in [2.24, 2.45) is 0 Å². The minimum atomic E-state index is -4.77. The Bertz CT molecular complexity index is 683. The van der Waals surface area contributed by atoms with Gasteiger partial charge in [-0.05, 0) is 25.3 Å². The Labute approximate surface area is 153 Å². The molecule has 0 radical (unpaired) electrons. The lowest BCUT2D eigenvalue weighted by Crippen LogP contribution is -2.32. The first kappa shape index (κ1) is 20.3. The van der Waals surface area contributed by atoms with Gasteiger partial charge in [-0.1, -0.05) is 18.0 Å². The van der Waals surface area contributed by atoms with E-state index in [1.807, 2.05) is 0 Å². The zero-order valence-electron chi connectivity index (χ0n) is 13.9. The number of rotatable bonds is 6. The van der Waals surface area contributed by atoms with E-state index in [1.54, 1.807) is 4.90 Å². The molecule has 1 fully saturated rings. The minimum absolute atomic E-state index is 0.0739. The third-order valence-corrected chi connectivity index (χ3v) is 4.49. The van der Waals surface area contributed by atoms with E-state index >= 15 is 0 Å². The fourth-order valence-corrected chi connectivity index (χ4v) is 3.11. The summed E-state index contributed by atoms with van der Waals surface area (Å²) in [5.74, 6) is 0.0889. The van der Waals surface area contributed by atoms with Crippen LogP contribution in [0.2, 0.25) is 5.02 Å². The predicted molar refractivity (Wildman–Crippen MR) is 91.3 cm³/mol. The number of anilines is 1. The first-order valence-electron chi connectivity index (χ1n) is 8.27. The van der Waals surface area contributed by atoms with Crippen LogP contribution >= 0.6 is 11.6 Å². The summed E-state index contributed by atoms with van der Waals surface area (Å²) in [5, 5.41) is 13.2. The number of halogens is 4. The topological polar surface area (TPSA) is 75.5 Å². The Balaban J connectivity index is 2.01. The number of hydrogen-bond donors (Lipinski definition) is 1. The Kier molecular flexibility index (Phi) is 6.69. The number of nitrogens with one attached hydrogen (secondary N) is 1. The molecule has 6 nitrogen and oxygen atoms in total. The fourth-order valence-electron chi connectivity index (χ4n) is 2.84. The van der Waals surface area contributed by atoms with Crippen molar-refractivity contribution in [1.82, 2.24) is 4.90 Å². The Morgan fingerprint density at radius 1 is 1.27 bits per heavy atom. The van der Waals surface area contributed by atoms with E-state index in [2.05, 4.69) is 5.32 Å². The molecule has 0 bridgehead atoms. The highest BCUT2D eigenvalue weighted by atomic mass is 35.5. The highest BCUT2D eigenvalue weighted by molar-refractivity contribution is 6.31. The summed E-state index contributed by atoms with van der Waals surface area (Å²) < 4.78 is 38.5. The van der Waals surface area contributed by atoms with Crippen molar-refractivity contribution in [2.75, 3.05) is 25.0 Å². The van der Waals surface area contributed by atoms with Gasteiger partial charge in [0.2, 0.25) is 5.91 Å². The molecule has 1 aromatic carbocycles. The number of nitrogens with zero attached hydrogens (tertiary/aromatic N) is 2. The standard InChI is InChI=1S/C16H19ClF3N3O3/c17-12-10-13(14(23(25)26)9-11(12)16(18,19)20)21-6-4-8-22-7-3-1-2-5-15(22)24/h9-10,21H,1-8H2. The van der Waals surface area contributed by atoms with Crippen LogP contribution in [0.25, 0.3) is 0 Å². The summed E-state index contributed by atoms with van der Waals surface area (Å²) in [6.07, 6.45) is -0.901. The molecule has 0 saturated carbocycles. The molecule has 0 atom stereocenters. The zero-order valence-corrected chi connectivity index (χ0v) is 14.7. The first-order valence-corrected chi connectivity index (χ1v) is 8.64. The van der Waals surface area contributed by atoms with Gasteiger partial charge in [0.25, 0.3) is 5.69 Å². The zero-order chi connectivity index (χ0) is 19.3. The second-order valence-electron chi connectivity index (χ2n) is 6.08. The molecule has 1 amide bonds. The van der Waals surface area contributed by atoms with Gasteiger partial charge in [0.05, 0.1) is 15.5 Å². The second-order valence-corrected chi connectivity index (χ2v) is 6.48. The molecule has 1 heterocycles. The Morgan fingerprint density at radius 3 is 2.65 bits per heavy atom.